The molecular formula is C14H26N4O2. The van der Waals surface area contributed by atoms with Gasteiger partial charge in [-0.1, -0.05) is 12.1 Å². The molecule has 6 heteroatoms. The van der Waals surface area contributed by atoms with Gasteiger partial charge in [-0.25, -0.2) is 0 Å². The quantitative estimate of drug-likeness (QED) is 0.806. The van der Waals surface area contributed by atoms with Gasteiger partial charge in [0.1, 0.15) is 0 Å². The van der Waals surface area contributed by atoms with Crippen molar-refractivity contribution in [3.8, 4) is 0 Å². The van der Waals surface area contributed by atoms with Crippen LogP contribution >= 0.6 is 0 Å². The first-order valence-electron chi connectivity index (χ1n) is 7.50. The molecule has 1 aromatic rings. The van der Waals surface area contributed by atoms with E-state index in [1.54, 1.807) is 4.68 Å². The molecule has 0 spiro atoms. The number of aryl methyl sites for hydroxylation is 1. The van der Waals surface area contributed by atoms with Crippen LogP contribution in [-0.2, 0) is 22.9 Å². The third-order valence-corrected chi connectivity index (χ3v) is 3.92. The summed E-state index contributed by atoms with van der Waals surface area (Å²) in [5.41, 5.74) is 0.851. The minimum Gasteiger partial charge on any atom is -0.381 e. The first-order valence-corrected chi connectivity index (χ1v) is 7.50. The van der Waals surface area contributed by atoms with Crippen molar-refractivity contribution in [1.82, 2.24) is 20.3 Å². The molecule has 1 fully saturated rings. The molecule has 1 unspecified atom stereocenters. The Bertz CT molecular complexity index is 396. The molecule has 0 bridgehead atoms. The fourth-order valence-electron chi connectivity index (χ4n) is 2.99. The Morgan fingerprint density at radius 1 is 1.45 bits per heavy atom. The predicted octanol–water partition coefficient (Wildman–Crippen LogP) is 0.921. The Morgan fingerprint density at radius 2 is 2.20 bits per heavy atom. The molecule has 2 heterocycles. The largest absolute Gasteiger partial charge is 0.381 e. The molecule has 0 aromatic carbocycles. The summed E-state index contributed by atoms with van der Waals surface area (Å²) in [7, 11) is 1.89. The normalized spacial score (nSPS) is 19.9. The lowest BCUT2D eigenvalue weighted by Gasteiger charge is -2.43. The van der Waals surface area contributed by atoms with Gasteiger partial charge < -0.3 is 14.8 Å². The maximum atomic E-state index is 6.17. The monoisotopic (exact) mass is 282 g/mol. The van der Waals surface area contributed by atoms with Gasteiger partial charge >= 0.3 is 0 Å². The summed E-state index contributed by atoms with van der Waals surface area (Å²) in [6.45, 7) is 7.36. The Hall–Kier alpha value is -0.980. The van der Waals surface area contributed by atoms with Crippen LogP contribution in [0.3, 0.4) is 0 Å². The van der Waals surface area contributed by atoms with E-state index in [9.17, 15) is 0 Å². The van der Waals surface area contributed by atoms with Crippen LogP contribution in [-0.4, -0.2) is 53.0 Å². The van der Waals surface area contributed by atoms with Gasteiger partial charge in [0.25, 0.3) is 0 Å². The molecule has 2 rings (SSSR count). The van der Waals surface area contributed by atoms with Gasteiger partial charge in [-0.05, 0) is 13.5 Å². The van der Waals surface area contributed by atoms with Crippen molar-refractivity contribution in [3.05, 3.63) is 11.9 Å². The van der Waals surface area contributed by atoms with Crippen LogP contribution in [0, 0.1) is 0 Å². The summed E-state index contributed by atoms with van der Waals surface area (Å²) < 4.78 is 13.4. The van der Waals surface area contributed by atoms with Gasteiger partial charge in [0.2, 0.25) is 0 Å². The average Bonchev–Trinajstić information content (AvgIpc) is 2.85. The molecular weight excluding hydrogens is 256 g/mol. The summed E-state index contributed by atoms with van der Waals surface area (Å²) in [4.78, 5) is 0. The minimum atomic E-state index is -0.152. The second kappa shape index (κ2) is 7.15. The Balaban J connectivity index is 2.14. The van der Waals surface area contributed by atoms with Gasteiger partial charge in [-0.3, -0.25) is 4.68 Å². The van der Waals surface area contributed by atoms with E-state index in [0.717, 1.165) is 51.3 Å². The summed E-state index contributed by atoms with van der Waals surface area (Å²) in [5.74, 6) is 0. The molecule has 1 saturated heterocycles. The minimum absolute atomic E-state index is 0.152. The third-order valence-electron chi connectivity index (χ3n) is 3.92. The van der Waals surface area contributed by atoms with Crippen LogP contribution in [0.4, 0.5) is 0 Å². The number of nitrogens with zero attached hydrogens (tertiary/aromatic N) is 3. The number of rotatable bonds is 7. The van der Waals surface area contributed by atoms with Crippen LogP contribution in [0.1, 0.15) is 32.4 Å². The molecule has 114 valence electrons. The number of hydrogen-bond donors (Lipinski definition) is 1. The van der Waals surface area contributed by atoms with Gasteiger partial charge in [-0.15, -0.1) is 5.10 Å². The second-order valence-electron chi connectivity index (χ2n) is 5.31. The zero-order valence-electron chi connectivity index (χ0n) is 12.8. The van der Waals surface area contributed by atoms with Gasteiger partial charge in [-0.2, -0.15) is 0 Å². The maximum Gasteiger partial charge on any atom is 0.0882 e. The van der Waals surface area contributed by atoms with Crippen molar-refractivity contribution in [2.24, 2.45) is 7.05 Å². The lowest BCUT2D eigenvalue weighted by atomic mass is 9.83. The van der Waals surface area contributed by atoms with Gasteiger partial charge in [0.05, 0.1) is 11.3 Å². The second-order valence-corrected chi connectivity index (χ2v) is 5.31. The van der Waals surface area contributed by atoms with E-state index >= 15 is 0 Å². The van der Waals surface area contributed by atoms with Gasteiger partial charge in [0, 0.05) is 58.4 Å². The first-order chi connectivity index (χ1) is 9.70. The number of aromatic nitrogens is 3. The van der Waals surface area contributed by atoms with Gasteiger partial charge in [0.15, 0.2) is 0 Å². The van der Waals surface area contributed by atoms with Crippen LogP contribution in [0.5, 0.6) is 0 Å². The molecule has 0 amide bonds. The van der Waals surface area contributed by atoms with E-state index in [0.29, 0.717) is 0 Å². The predicted molar refractivity (Wildman–Crippen MR) is 76.6 cm³/mol. The smallest absolute Gasteiger partial charge is 0.0882 e. The van der Waals surface area contributed by atoms with Crippen molar-refractivity contribution in [2.45, 2.75) is 44.8 Å². The zero-order chi connectivity index (χ0) is 14.4. The first kappa shape index (κ1) is 15.4. The fraction of sp³-hybridized carbons (Fsp3) is 0.857. The molecule has 1 atom stereocenters. The summed E-state index contributed by atoms with van der Waals surface area (Å²) >= 11 is 0. The molecule has 6 nitrogen and oxygen atoms in total. The highest BCUT2D eigenvalue weighted by Crippen LogP contribution is 2.30. The van der Waals surface area contributed by atoms with Crippen LogP contribution in [0.2, 0.25) is 0 Å². The third kappa shape index (κ3) is 3.56. The van der Waals surface area contributed by atoms with Crippen LogP contribution in [0.15, 0.2) is 6.20 Å². The number of hydrogen-bond acceptors (Lipinski definition) is 5. The molecule has 1 aliphatic heterocycles. The van der Waals surface area contributed by atoms with Crippen molar-refractivity contribution < 1.29 is 9.47 Å². The Labute approximate surface area is 120 Å². The van der Waals surface area contributed by atoms with Crippen LogP contribution < -0.4 is 5.32 Å². The van der Waals surface area contributed by atoms with E-state index in [-0.39, 0.29) is 11.6 Å². The summed E-state index contributed by atoms with van der Waals surface area (Å²) in [5, 5.41) is 11.8. The molecule has 0 radical (unpaired) electrons. The highest BCUT2D eigenvalue weighted by atomic mass is 16.5. The number of nitrogens with one attached hydrogen (secondary N) is 1. The zero-order valence-corrected chi connectivity index (χ0v) is 12.8. The number of ether oxygens (including phenoxy) is 2. The summed E-state index contributed by atoms with van der Waals surface area (Å²) in [6, 6.07) is 0.244. The molecule has 20 heavy (non-hydrogen) atoms. The van der Waals surface area contributed by atoms with E-state index in [4.69, 9.17) is 9.47 Å². The average molecular weight is 282 g/mol. The van der Waals surface area contributed by atoms with E-state index < -0.39 is 0 Å². The van der Waals surface area contributed by atoms with E-state index in [2.05, 4.69) is 29.5 Å². The van der Waals surface area contributed by atoms with E-state index in [1.165, 1.54) is 0 Å². The highest BCUT2D eigenvalue weighted by Gasteiger charge is 2.41. The van der Waals surface area contributed by atoms with Crippen LogP contribution in [0.25, 0.3) is 0 Å². The van der Waals surface area contributed by atoms with Crippen molar-refractivity contribution >= 4 is 0 Å². The van der Waals surface area contributed by atoms with E-state index in [1.807, 2.05) is 13.2 Å². The molecule has 1 aromatic heterocycles. The molecule has 0 saturated carbocycles. The SMILES string of the molecule is CCNC(Cc1cn(C)nn1)C1(OCC)CCOCC1. The lowest BCUT2D eigenvalue weighted by Crippen LogP contribution is -2.56. The molecule has 1 N–H and O–H groups in total. The Kier molecular flexibility index (Phi) is 5.51. The fourth-order valence-corrected chi connectivity index (χ4v) is 2.99. The standard InChI is InChI=1S/C14H26N4O2/c1-4-15-13(10-12-11-18(3)17-16-12)14(20-5-2)6-8-19-9-7-14/h11,13,15H,4-10H2,1-3H3. The summed E-state index contributed by atoms with van der Waals surface area (Å²) in [6.07, 6.45) is 4.67. The topological polar surface area (TPSA) is 61.2 Å². The van der Waals surface area contributed by atoms with Crippen molar-refractivity contribution in [2.75, 3.05) is 26.4 Å². The van der Waals surface area contributed by atoms with Crippen molar-refractivity contribution in [3.63, 3.8) is 0 Å². The molecule has 1 aliphatic rings. The maximum absolute atomic E-state index is 6.17. The highest BCUT2D eigenvalue weighted by molar-refractivity contribution is 5.04. The van der Waals surface area contributed by atoms with Crippen molar-refractivity contribution in [1.29, 1.82) is 0 Å². The molecule has 0 aliphatic carbocycles. The Morgan fingerprint density at radius 3 is 2.75 bits per heavy atom. The number of likely N-dealkylation sites (N-methyl/N-ethyl adjacent to an activating group) is 1. The lowest BCUT2D eigenvalue weighted by molar-refractivity contribution is -0.126.